The molecule has 0 saturated carbocycles. The summed E-state index contributed by atoms with van der Waals surface area (Å²) in [5, 5.41) is 30.6. The number of nitro benzene ring substituents is 1. The highest BCUT2D eigenvalue weighted by atomic mass is 31.2. The molecule has 2 unspecified atom stereocenters. The van der Waals surface area contributed by atoms with Gasteiger partial charge in [-0.1, -0.05) is 12.1 Å². The first-order chi connectivity index (χ1) is 10.8. The van der Waals surface area contributed by atoms with Gasteiger partial charge in [-0.05, 0) is 23.8 Å². The number of fused-ring (bicyclic) bond motifs is 1. The third-order valence-corrected chi connectivity index (χ3v) is 6.08. The van der Waals surface area contributed by atoms with E-state index in [0.717, 1.165) is 0 Å². The maximum absolute atomic E-state index is 13.1. The molecule has 0 saturated heterocycles. The number of non-ortho nitro benzene ring substituents is 1. The second-order valence-corrected chi connectivity index (χ2v) is 7.45. The first-order valence-corrected chi connectivity index (χ1v) is 8.26. The lowest BCUT2D eigenvalue weighted by Crippen LogP contribution is -2.16. The molecule has 0 spiro atoms. The van der Waals surface area contributed by atoms with Crippen molar-refractivity contribution in [2.75, 3.05) is 11.7 Å². The van der Waals surface area contributed by atoms with Crippen LogP contribution in [0, 0.1) is 10.1 Å². The zero-order valence-electron chi connectivity index (χ0n) is 12.0. The minimum absolute atomic E-state index is 0.0128. The van der Waals surface area contributed by atoms with Crippen molar-refractivity contribution in [1.82, 2.24) is 0 Å². The minimum Gasteiger partial charge on any atom is -0.508 e. The predicted octanol–water partition coefficient (Wildman–Crippen LogP) is 3.01. The number of benzene rings is 2. The van der Waals surface area contributed by atoms with E-state index in [1.54, 1.807) is 0 Å². The van der Waals surface area contributed by atoms with Crippen LogP contribution < -0.4 is 9.19 Å². The molecule has 2 N–H and O–H groups in total. The average Bonchev–Trinajstić information content (AvgIpc) is 2.79. The Bertz CT molecular complexity index is 823. The van der Waals surface area contributed by atoms with Crippen LogP contribution in [0.15, 0.2) is 42.5 Å². The molecule has 8 nitrogen and oxygen atoms in total. The van der Waals surface area contributed by atoms with Gasteiger partial charge in [-0.15, -0.1) is 0 Å². The number of nitrogens with zero attached hydrogens (tertiary/aromatic N) is 2. The number of anilines is 1. The van der Waals surface area contributed by atoms with Crippen LogP contribution in [0.3, 0.4) is 0 Å². The van der Waals surface area contributed by atoms with Crippen molar-refractivity contribution in [3.8, 4) is 11.5 Å². The molecule has 23 heavy (non-hydrogen) atoms. The molecule has 2 aromatic rings. The van der Waals surface area contributed by atoms with E-state index in [1.165, 1.54) is 54.2 Å². The predicted molar refractivity (Wildman–Crippen MR) is 82.8 cm³/mol. The summed E-state index contributed by atoms with van der Waals surface area (Å²) in [5.74, 6) is -1.24. The van der Waals surface area contributed by atoms with E-state index in [4.69, 9.17) is 4.52 Å². The van der Waals surface area contributed by atoms with Crippen LogP contribution in [-0.4, -0.2) is 22.2 Å². The SMILES string of the molecule is CN1c2cc([N+](=O)[O-])ccc2OP1(=O)C(O)c1ccc(O)cc1. The normalized spacial score (nSPS) is 20.7. The van der Waals surface area contributed by atoms with E-state index >= 15 is 0 Å². The Balaban J connectivity index is 1.99. The third-order valence-electron chi connectivity index (χ3n) is 3.65. The Kier molecular flexibility index (Phi) is 3.50. The van der Waals surface area contributed by atoms with Crippen molar-refractivity contribution < 1.29 is 24.2 Å². The lowest BCUT2D eigenvalue weighted by Gasteiger charge is -2.25. The molecule has 3 rings (SSSR count). The second-order valence-electron chi connectivity index (χ2n) is 5.05. The Morgan fingerprint density at radius 2 is 1.91 bits per heavy atom. The number of phenols is 1. The maximum Gasteiger partial charge on any atom is 0.376 e. The number of rotatable bonds is 3. The molecule has 1 aliphatic heterocycles. The smallest absolute Gasteiger partial charge is 0.376 e. The number of aliphatic hydroxyl groups excluding tert-OH is 1. The Morgan fingerprint density at radius 1 is 1.26 bits per heavy atom. The molecule has 2 atom stereocenters. The molecule has 0 radical (unpaired) electrons. The maximum atomic E-state index is 13.1. The zero-order chi connectivity index (χ0) is 16.8. The molecule has 0 fully saturated rings. The summed E-state index contributed by atoms with van der Waals surface area (Å²) in [4.78, 5) is 10.3. The van der Waals surface area contributed by atoms with Crippen molar-refractivity contribution in [3.05, 3.63) is 58.1 Å². The van der Waals surface area contributed by atoms with Gasteiger partial charge in [-0.3, -0.25) is 19.3 Å². The van der Waals surface area contributed by atoms with Gasteiger partial charge in [0.25, 0.3) is 5.69 Å². The Hall–Kier alpha value is -2.57. The van der Waals surface area contributed by atoms with E-state index in [-0.39, 0.29) is 22.9 Å². The Morgan fingerprint density at radius 3 is 2.52 bits per heavy atom. The van der Waals surface area contributed by atoms with Crippen LogP contribution in [0.4, 0.5) is 11.4 Å². The van der Waals surface area contributed by atoms with E-state index < -0.39 is 18.3 Å². The molecule has 2 aromatic carbocycles. The second kappa shape index (κ2) is 5.26. The fraction of sp³-hybridized carbons (Fsp3) is 0.143. The van der Waals surface area contributed by atoms with Crippen LogP contribution in [-0.2, 0) is 4.57 Å². The highest BCUT2D eigenvalue weighted by molar-refractivity contribution is 7.61. The first kappa shape index (κ1) is 15.3. The summed E-state index contributed by atoms with van der Waals surface area (Å²) in [7, 11) is -2.29. The van der Waals surface area contributed by atoms with Crippen molar-refractivity contribution in [2.24, 2.45) is 0 Å². The van der Waals surface area contributed by atoms with E-state index in [1.807, 2.05) is 0 Å². The van der Waals surface area contributed by atoms with E-state index in [2.05, 4.69) is 0 Å². The first-order valence-electron chi connectivity index (χ1n) is 6.62. The van der Waals surface area contributed by atoms with Gasteiger partial charge in [0.2, 0.25) is 0 Å². The number of phenolic OH excluding ortho intramolecular Hbond substituents is 1. The van der Waals surface area contributed by atoms with Crippen LogP contribution in [0.2, 0.25) is 0 Å². The third kappa shape index (κ3) is 2.42. The summed E-state index contributed by atoms with van der Waals surface area (Å²) in [5.41, 5.74) is 0.424. The molecular weight excluding hydrogens is 323 g/mol. The molecule has 120 valence electrons. The molecule has 1 aliphatic rings. The number of hydrogen-bond acceptors (Lipinski definition) is 6. The summed E-state index contributed by atoms with van der Waals surface area (Å²) in [6.45, 7) is 0. The average molecular weight is 336 g/mol. The molecule has 0 bridgehead atoms. The van der Waals surface area contributed by atoms with Gasteiger partial charge in [-0.25, -0.2) is 0 Å². The number of hydrogen-bond donors (Lipinski definition) is 2. The largest absolute Gasteiger partial charge is 0.508 e. The molecule has 0 aromatic heterocycles. The van der Waals surface area contributed by atoms with Crippen LogP contribution in [0.5, 0.6) is 11.5 Å². The van der Waals surface area contributed by atoms with E-state index in [0.29, 0.717) is 5.56 Å². The number of aromatic hydroxyl groups is 1. The molecule has 0 aliphatic carbocycles. The monoisotopic (exact) mass is 336 g/mol. The van der Waals surface area contributed by atoms with Crippen LogP contribution >= 0.6 is 7.52 Å². The van der Waals surface area contributed by atoms with Gasteiger partial charge in [-0.2, -0.15) is 0 Å². The van der Waals surface area contributed by atoms with Gasteiger partial charge in [0, 0.05) is 19.2 Å². The van der Waals surface area contributed by atoms with Gasteiger partial charge in [0.05, 0.1) is 10.6 Å². The highest BCUT2D eigenvalue weighted by Crippen LogP contribution is 2.68. The van der Waals surface area contributed by atoms with Crippen molar-refractivity contribution in [3.63, 3.8) is 0 Å². The fourth-order valence-electron chi connectivity index (χ4n) is 2.35. The van der Waals surface area contributed by atoms with Crippen LogP contribution in [0.25, 0.3) is 0 Å². The number of aliphatic hydroxyl groups is 1. The zero-order valence-corrected chi connectivity index (χ0v) is 12.9. The van der Waals surface area contributed by atoms with Crippen molar-refractivity contribution in [1.29, 1.82) is 0 Å². The molecular formula is C14H13N2O6P. The van der Waals surface area contributed by atoms with Gasteiger partial charge in [0.15, 0.2) is 11.6 Å². The summed E-state index contributed by atoms with van der Waals surface area (Å²) >= 11 is 0. The van der Waals surface area contributed by atoms with Crippen molar-refractivity contribution in [2.45, 2.75) is 5.85 Å². The Labute approximate surface area is 131 Å². The molecule has 1 heterocycles. The lowest BCUT2D eigenvalue weighted by molar-refractivity contribution is -0.384. The lowest BCUT2D eigenvalue weighted by atomic mass is 10.2. The molecule has 9 heteroatoms. The van der Waals surface area contributed by atoms with Crippen LogP contribution in [0.1, 0.15) is 11.4 Å². The molecule has 0 amide bonds. The number of nitro groups is 1. The van der Waals surface area contributed by atoms with Gasteiger partial charge in [0.1, 0.15) is 5.75 Å². The van der Waals surface area contributed by atoms with Gasteiger partial charge < -0.3 is 14.7 Å². The van der Waals surface area contributed by atoms with Crippen molar-refractivity contribution >= 4 is 18.9 Å². The summed E-state index contributed by atoms with van der Waals surface area (Å²) in [6, 6.07) is 9.43. The standard InChI is InChI=1S/C14H13N2O6P/c1-15-12-8-10(16(19)20)4-7-13(12)22-23(15,21)14(18)9-2-5-11(17)6-3-9/h2-8,14,17-18H,1H3. The quantitative estimate of drug-likeness (QED) is 0.503. The summed E-state index contributed by atoms with van der Waals surface area (Å²) in [6.07, 6.45) is 0. The fourth-order valence-corrected chi connectivity index (χ4v) is 4.34. The topological polar surface area (TPSA) is 113 Å². The summed E-state index contributed by atoms with van der Waals surface area (Å²) < 4.78 is 19.8. The minimum atomic E-state index is -3.74. The highest BCUT2D eigenvalue weighted by Gasteiger charge is 2.47. The van der Waals surface area contributed by atoms with Gasteiger partial charge >= 0.3 is 7.52 Å². The van der Waals surface area contributed by atoms with E-state index in [9.17, 15) is 24.9 Å².